The summed E-state index contributed by atoms with van der Waals surface area (Å²) in [6.45, 7) is 4.02. The summed E-state index contributed by atoms with van der Waals surface area (Å²) in [6.07, 6.45) is 1.94. The van der Waals surface area contributed by atoms with E-state index in [-0.39, 0.29) is 0 Å². The Morgan fingerprint density at radius 3 is 2.84 bits per heavy atom. The first-order chi connectivity index (χ1) is 9.19. The summed E-state index contributed by atoms with van der Waals surface area (Å²) in [7, 11) is 0. The third-order valence-corrected chi connectivity index (χ3v) is 4.31. The molecule has 5 heteroatoms. The third-order valence-electron chi connectivity index (χ3n) is 2.67. The fourth-order valence-corrected chi connectivity index (χ4v) is 2.88. The topological polar surface area (TPSA) is 24.9 Å². The van der Waals surface area contributed by atoms with Crippen LogP contribution < -0.4 is 5.32 Å². The second-order valence-electron chi connectivity index (χ2n) is 4.33. The number of nitrogens with one attached hydrogen (secondary N) is 1. The van der Waals surface area contributed by atoms with Crippen LogP contribution in [-0.2, 0) is 13.0 Å². The van der Waals surface area contributed by atoms with Crippen molar-refractivity contribution < 1.29 is 0 Å². The predicted octanol–water partition coefficient (Wildman–Crippen LogP) is 4.54. The third kappa shape index (κ3) is 4.46. The van der Waals surface area contributed by atoms with Gasteiger partial charge in [-0.2, -0.15) is 0 Å². The molecule has 2 rings (SSSR count). The van der Waals surface area contributed by atoms with Crippen LogP contribution >= 0.6 is 34.5 Å². The molecule has 1 N–H and O–H groups in total. The zero-order valence-corrected chi connectivity index (χ0v) is 13.1. The minimum Gasteiger partial charge on any atom is -0.311 e. The van der Waals surface area contributed by atoms with Gasteiger partial charge in [0.25, 0.3) is 0 Å². The van der Waals surface area contributed by atoms with Crippen LogP contribution in [0.3, 0.4) is 0 Å². The zero-order valence-electron chi connectivity index (χ0n) is 10.7. The van der Waals surface area contributed by atoms with E-state index >= 15 is 0 Å². The maximum Gasteiger partial charge on any atom is 0.0972 e. The lowest BCUT2D eigenvalue weighted by Gasteiger charge is -2.01. The first-order valence-corrected chi connectivity index (χ1v) is 7.90. The highest BCUT2D eigenvalue weighted by Crippen LogP contribution is 2.24. The summed E-state index contributed by atoms with van der Waals surface area (Å²) in [5.41, 5.74) is 2.24. The van der Waals surface area contributed by atoms with E-state index in [1.165, 1.54) is 0 Å². The molecule has 2 nitrogen and oxygen atoms in total. The Labute approximate surface area is 127 Å². The molecule has 0 atom stereocenters. The molecular weight excluding hydrogens is 299 g/mol. The largest absolute Gasteiger partial charge is 0.311 e. The van der Waals surface area contributed by atoms with Crippen LogP contribution in [-0.4, -0.2) is 11.5 Å². The maximum atomic E-state index is 6.01. The molecule has 1 aromatic heterocycles. The number of hydrogen-bond donors (Lipinski definition) is 1. The number of rotatable bonds is 6. The molecule has 19 heavy (non-hydrogen) atoms. The van der Waals surface area contributed by atoms with E-state index in [1.54, 1.807) is 11.3 Å². The Kier molecular flexibility index (Phi) is 5.64. The van der Waals surface area contributed by atoms with Gasteiger partial charge < -0.3 is 5.32 Å². The molecule has 0 aliphatic heterocycles. The highest BCUT2D eigenvalue weighted by Gasteiger charge is 2.05. The lowest BCUT2D eigenvalue weighted by atomic mass is 10.2. The van der Waals surface area contributed by atoms with Crippen LogP contribution in [0.1, 0.15) is 29.6 Å². The van der Waals surface area contributed by atoms with Crippen molar-refractivity contribution in [3.05, 3.63) is 49.9 Å². The van der Waals surface area contributed by atoms with Crippen LogP contribution in [0.15, 0.2) is 23.6 Å². The van der Waals surface area contributed by atoms with Crippen LogP contribution in [0.5, 0.6) is 0 Å². The van der Waals surface area contributed by atoms with Gasteiger partial charge in [0, 0.05) is 18.3 Å². The lowest BCUT2D eigenvalue weighted by Crippen LogP contribution is -2.13. The van der Waals surface area contributed by atoms with Crippen molar-refractivity contribution in [3.63, 3.8) is 0 Å². The highest BCUT2D eigenvalue weighted by atomic mass is 35.5. The zero-order chi connectivity index (χ0) is 13.7. The summed E-state index contributed by atoms with van der Waals surface area (Å²) in [6, 6.07) is 5.72. The van der Waals surface area contributed by atoms with E-state index < -0.39 is 0 Å². The first-order valence-electron chi connectivity index (χ1n) is 6.27. The number of nitrogens with zero attached hydrogens (tertiary/aromatic N) is 1. The van der Waals surface area contributed by atoms with Gasteiger partial charge >= 0.3 is 0 Å². The lowest BCUT2D eigenvalue weighted by molar-refractivity contribution is 0.665. The first kappa shape index (κ1) is 14.8. The smallest absolute Gasteiger partial charge is 0.0972 e. The average molecular weight is 315 g/mol. The van der Waals surface area contributed by atoms with Gasteiger partial charge in [-0.1, -0.05) is 36.2 Å². The molecule has 1 aromatic carbocycles. The highest BCUT2D eigenvalue weighted by molar-refractivity contribution is 7.09. The Morgan fingerprint density at radius 2 is 2.11 bits per heavy atom. The average Bonchev–Trinajstić information content (AvgIpc) is 2.82. The normalized spacial score (nSPS) is 10.9. The van der Waals surface area contributed by atoms with Crippen molar-refractivity contribution in [3.8, 4) is 0 Å². The maximum absolute atomic E-state index is 6.01. The molecule has 0 radical (unpaired) electrons. The quantitative estimate of drug-likeness (QED) is 0.792. The Balaban J connectivity index is 1.97. The molecule has 0 spiro atoms. The van der Waals surface area contributed by atoms with E-state index in [4.69, 9.17) is 23.2 Å². The summed E-state index contributed by atoms with van der Waals surface area (Å²) in [5.74, 6) is 0. The number of aromatic nitrogens is 1. The molecule has 0 bridgehead atoms. The standard InChI is InChI=1S/C14H16Cl2N2S/c1-2-5-17-8-11-9-19-14(18-11)7-10-3-4-12(15)13(16)6-10/h3-4,6,9,17H,2,5,7-8H2,1H3. The van der Waals surface area contributed by atoms with Crippen molar-refractivity contribution in [2.75, 3.05) is 6.54 Å². The van der Waals surface area contributed by atoms with E-state index in [1.807, 2.05) is 18.2 Å². The molecule has 0 saturated carbocycles. The van der Waals surface area contributed by atoms with Crippen molar-refractivity contribution in [2.45, 2.75) is 26.3 Å². The van der Waals surface area contributed by atoms with Gasteiger partial charge in [0.05, 0.1) is 20.7 Å². The second-order valence-corrected chi connectivity index (χ2v) is 6.09. The fourth-order valence-electron chi connectivity index (χ4n) is 1.73. The molecule has 0 amide bonds. The fraction of sp³-hybridized carbons (Fsp3) is 0.357. The van der Waals surface area contributed by atoms with Gasteiger partial charge in [0.1, 0.15) is 0 Å². The van der Waals surface area contributed by atoms with Crippen LogP contribution in [0.25, 0.3) is 0 Å². The van der Waals surface area contributed by atoms with E-state index in [0.29, 0.717) is 10.0 Å². The second kappa shape index (κ2) is 7.25. The molecule has 102 valence electrons. The van der Waals surface area contributed by atoms with Crippen molar-refractivity contribution in [2.24, 2.45) is 0 Å². The minimum atomic E-state index is 0.592. The number of benzene rings is 1. The molecule has 1 heterocycles. The Hall–Kier alpha value is -0.610. The summed E-state index contributed by atoms with van der Waals surface area (Å²) in [5, 5.41) is 7.75. The summed E-state index contributed by atoms with van der Waals surface area (Å²) < 4.78 is 0. The summed E-state index contributed by atoms with van der Waals surface area (Å²) in [4.78, 5) is 4.61. The molecule has 0 aliphatic rings. The van der Waals surface area contributed by atoms with Crippen LogP contribution in [0.2, 0.25) is 10.0 Å². The Morgan fingerprint density at radius 1 is 1.26 bits per heavy atom. The van der Waals surface area contributed by atoms with E-state index in [9.17, 15) is 0 Å². The van der Waals surface area contributed by atoms with Crippen LogP contribution in [0, 0.1) is 0 Å². The molecular formula is C14H16Cl2N2S. The number of halogens is 2. The molecule has 0 aliphatic carbocycles. The SMILES string of the molecule is CCCNCc1csc(Cc2ccc(Cl)c(Cl)c2)n1. The van der Waals surface area contributed by atoms with Gasteiger partial charge in [-0.3, -0.25) is 0 Å². The monoisotopic (exact) mass is 314 g/mol. The van der Waals surface area contributed by atoms with Gasteiger partial charge in [-0.25, -0.2) is 4.98 Å². The van der Waals surface area contributed by atoms with E-state index in [0.717, 1.165) is 42.2 Å². The molecule has 0 saturated heterocycles. The molecule has 0 unspecified atom stereocenters. The Bertz CT molecular complexity index is 540. The van der Waals surface area contributed by atoms with E-state index in [2.05, 4.69) is 22.6 Å². The van der Waals surface area contributed by atoms with Crippen molar-refractivity contribution >= 4 is 34.5 Å². The van der Waals surface area contributed by atoms with Crippen molar-refractivity contribution in [1.82, 2.24) is 10.3 Å². The van der Waals surface area contributed by atoms with Gasteiger partial charge in [-0.15, -0.1) is 11.3 Å². The van der Waals surface area contributed by atoms with Crippen LogP contribution in [0.4, 0.5) is 0 Å². The number of hydrogen-bond acceptors (Lipinski definition) is 3. The number of thiazole rings is 1. The molecule has 0 fully saturated rings. The summed E-state index contributed by atoms with van der Waals surface area (Å²) >= 11 is 13.6. The molecule has 2 aromatic rings. The predicted molar refractivity (Wildman–Crippen MR) is 83.4 cm³/mol. The van der Waals surface area contributed by atoms with Crippen molar-refractivity contribution in [1.29, 1.82) is 0 Å². The van der Waals surface area contributed by atoms with Gasteiger partial charge in [-0.05, 0) is 30.7 Å². The van der Waals surface area contributed by atoms with Gasteiger partial charge in [0.15, 0.2) is 0 Å². The minimum absolute atomic E-state index is 0.592. The van der Waals surface area contributed by atoms with Gasteiger partial charge in [0.2, 0.25) is 0 Å².